The molecule has 0 saturated heterocycles. The molecule has 0 aliphatic rings. The van der Waals surface area contributed by atoms with Gasteiger partial charge in [0.05, 0.1) is 22.8 Å². The van der Waals surface area contributed by atoms with Crippen LogP contribution in [0.2, 0.25) is 0 Å². The molecule has 0 saturated carbocycles. The van der Waals surface area contributed by atoms with Gasteiger partial charge in [-0.15, -0.1) is 0 Å². The summed E-state index contributed by atoms with van der Waals surface area (Å²) in [7, 11) is -3.51. The van der Waals surface area contributed by atoms with Crippen LogP contribution in [0.1, 0.15) is 6.92 Å². The highest BCUT2D eigenvalue weighted by atomic mass is 32.2. The van der Waals surface area contributed by atoms with Crippen LogP contribution >= 0.6 is 0 Å². The van der Waals surface area contributed by atoms with Gasteiger partial charge in [0.25, 0.3) is 5.69 Å². The Balaban J connectivity index is 2.77. The van der Waals surface area contributed by atoms with Crippen LogP contribution in [0.3, 0.4) is 0 Å². The van der Waals surface area contributed by atoms with Crippen molar-refractivity contribution < 1.29 is 22.1 Å². The quantitative estimate of drug-likeness (QED) is 0.582. The molecule has 0 aromatic heterocycles. The SMILES string of the molecule is CCNS(=O)(=O)CCNc1c(F)cc([N+](=O)[O-])cc1F. The van der Waals surface area contributed by atoms with E-state index in [1.807, 2.05) is 0 Å². The topological polar surface area (TPSA) is 101 Å². The van der Waals surface area contributed by atoms with Crippen LogP contribution < -0.4 is 10.0 Å². The number of hydrogen-bond acceptors (Lipinski definition) is 5. The molecule has 0 bridgehead atoms. The van der Waals surface area contributed by atoms with E-state index in [0.29, 0.717) is 12.1 Å². The first-order valence-electron chi connectivity index (χ1n) is 5.61. The van der Waals surface area contributed by atoms with Crippen LogP contribution in [0.25, 0.3) is 0 Å². The number of sulfonamides is 1. The number of halogens is 2. The molecule has 1 aromatic carbocycles. The van der Waals surface area contributed by atoms with Gasteiger partial charge in [0.1, 0.15) is 5.69 Å². The van der Waals surface area contributed by atoms with Crippen molar-refractivity contribution in [2.75, 3.05) is 24.2 Å². The number of anilines is 1. The van der Waals surface area contributed by atoms with Gasteiger partial charge >= 0.3 is 0 Å². The molecule has 112 valence electrons. The van der Waals surface area contributed by atoms with E-state index < -0.39 is 38.0 Å². The molecule has 0 spiro atoms. The van der Waals surface area contributed by atoms with Crippen molar-refractivity contribution in [1.82, 2.24) is 4.72 Å². The molecule has 2 N–H and O–H groups in total. The van der Waals surface area contributed by atoms with E-state index in [9.17, 15) is 27.3 Å². The van der Waals surface area contributed by atoms with Gasteiger partial charge in [0.15, 0.2) is 11.6 Å². The molecule has 20 heavy (non-hydrogen) atoms. The molecular formula is C10H13F2N3O4S. The Labute approximate surface area is 114 Å². The lowest BCUT2D eigenvalue weighted by Gasteiger charge is -2.09. The molecule has 0 aliphatic carbocycles. The molecule has 0 heterocycles. The van der Waals surface area contributed by atoms with Gasteiger partial charge in [0, 0.05) is 13.1 Å². The lowest BCUT2D eigenvalue weighted by molar-refractivity contribution is -0.385. The average Bonchev–Trinajstić information content (AvgIpc) is 2.32. The standard InChI is InChI=1S/C10H13F2N3O4S/c1-2-14-20(18,19)4-3-13-10-8(11)5-7(15(16)17)6-9(10)12/h5-6,13-14H,2-4H2,1H3. The summed E-state index contributed by atoms with van der Waals surface area (Å²) in [6, 6.07) is 1.12. The first kappa shape index (κ1) is 16.2. The Kier molecular flexibility index (Phi) is 5.34. The fourth-order valence-electron chi connectivity index (χ4n) is 1.44. The molecule has 10 heteroatoms. The number of nitrogens with zero attached hydrogens (tertiary/aromatic N) is 1. The maximum Gasteiger partial charge on any atom is 0.275 e. The first-order valence-corrected chi connectivity index (χ1v) is 7.26. The van der Waals surface area contributed by atoms with E-state index in [0.717, 1.165) is 0 Å². The Morgan fingerprint density at radius 1 is 1.30 bits per heavy atom. The number of nitrogens with one attached hydrogen (secondary N) is 2. The van der Waals surface area contributed by atoms with Gasteiger partial charge in [-0.25, -0.2) is 21.9 Å². The zero-order chi connectivity index (χ0) is 15.3. The maximum atomic E-state index is 13.5. The van der Waals surface area contributed by atoms with Crippen molar-refractivity contribution in [1.29, 1.82) is 0 Å². The van der Waals surface area contributed by atoms with E-state index in [2.05, 4.69) is 10.0 Å². The molecule has 1 rings (SSSR count). The van der Waals surface area contributed by atoms with Crippen molar-refractivity contribution in [3.05, 3.63) is 33.9 Å². The molecule has 0 fully saturated rings. The predicted octanol–water partition coefficient (Wildman–Crippen LogP) is 1.22. The van der Waals surface area contributed by atoms with Crippen LogP contribution in [0.15, 0.2) is 12.1 Å². The van der Waals surface area contributed by atoms with Crippen LogP contribution in [0.4, 0.5) is 20.2 Å². The Bertz CT molecular complexity index is 584. The lowest BCUT2D eigenvalue weighted by atomic mass is 10.2. The highest BCUT2D eigenvalue weighted by Gasteiger charge is 2.17. The molecule has 1 aromatic rings. The largest absolute Gasteiger partial charge is 0.379 e. The minimum absolute atomic E-state index is 0.211. The molecule has 0 atom stereocenters. The van der Waals surface area contributed by atoms with Gasteiger partial charge in [-0.1, -0.05) is 6.92 Å². The van der Waals surface area contributed by atoms with Crippen molar-refractivity contribution in [3.63, 3.8) is 0 Å². The number of nitro groups is 1. The summed E-state index contributed by atoms with van der Waals surface area (Å²) in [5.74, 6) is -2.69. The summed E-state index contributed by atoms with van der Waals surface area (Å²) in [6.45, 7) is 1.57. The normalized spacial score (nSPS) is 11.3. The second-order valence-electron chi connectivity index (χ2n) is 3.79. The molecule has 0 unspecified atom stereocenters. The Morgan fingerprint density at radius 3 is 2.30 bits per heavy atom. The van der Waals surface area contributed by atoms with Crippen LogP contribution in [0.5, 0.6) is 0 Å². The lowest BCUT2D eigenvalue weighted by Crippen LogP contribution is -2.29. The number of benzene rings is 1. The molecular weight excluding hydrogens is 296 g/mol. The zero-order valence-electron chi connectivity index (χ0n) is 10.5. The number of nitro benzene ring substituents is 1. The summed E-state index contributed by atoms with van der Waals surface area (Å²) in [5, 5.41) is 12.7. The molecule has 0 aliphatic heterocycles. The van der Waals surface area contributed by atoms with Crippen LogP contribution in [-0.2, 0) is 10.0 Å². The smallest absolute Gasteiger partial charge is 0.275 e. The summed E-state index contributed by atoms with van der Waals surface area (Å²) < 4.78 is 51.8. The van der Waals surface area contributed by atoms with Gasteiger partial charge in [-0.2, -0.15) is 0 Å². The number of non-ortho nitro benzene ring substituents is 1. The second kappa shape index (κ2) is 6.57. The minimum atomic E-state index is -3.51. The minimum Gasteiger partial charge on any atom is -0.379 e. The fourth-order valence-corrected chi connectivity index (χ4v) is 2.39. The van der Waals surface area contributed by atoms with Crippen LogP contribution in [0, 0.1) is 21.7 Å². The van der Waals surface area contributed by atoms with E-state index in [1.165, 1.54) is 0 Å². The number of hydrogen-bond donors (Lipinski definition) is 2. The van der Waals surface area contributed by atoms with Crippen molar-refractivity contribution in [2.24, 2.45) is 0 Å². The highest BCUT2D eigenvalue weighted by molar-refractivity contribution is 7.89. The van der Waals surface area contributed by atoms with E-state index in [4.69, 9.17) is 0 Å². The van der Waals surface area contributed by atoms with Gasteiger partial charge in [-0.05, 0) is 0 Å². The molecule has 0 radical (unpaired) electrons. The average molecular weight is 309 g/mol. The first-order chi connectivity index (χ1) is 9.26. The van der Waals surface area contributed by atoms with Gasteiger partial charge < -0.3 is 5.32 Å². The monoisotopic (exact) mass is 309 g/mol. The van der Waals surface area contributed by atoms with E-state index in [-0.39, 0.29) is 18.8 Å². The van der Waals surface area contributed by atoms with Crippen molar-refractivity contribution >= 4 is 21.4 Å². The Hall–Kier alpha value is -1.81. The van der Waals surface area contributed by atoms with Crippen LogP contribution in [-0.4, -0.2) is 32.2 Å². The van der Waals surface area contributed by atoms with Crippen molar-refractivity contribution in [3.8, 4) is 0 Å². The van der Waals surface area contributed by atoms with Gasteiger partial charge in [-0.3, -0.25) is 10.1 Å². The van der Waals surface area contributed by atoms with E-state index >= 15 is 0 Å². The van der Waals surface area contributed by atoms with Gasteiger partial charge in [0.2, 0.25) is 10.0 Å². The summed E-state index contributed by atoms with van der Waals surface area (Å²) in [6.07, 6.45) is 0. The fraction of sp³-hybridized carbons (Fsp3) is 0.400. The van der Waals surface area contributed by atoms with E-state index in [1.54, 1.807) is 6.92 Å². The third kappa shape index (κ3) is 4.38. The summed E-state index contributed by atoms with van der Waals surface area (Å²) in [4.78, 5) is 9.47. The third-order valence-corrected chi connectivity index (χ3v) is 3.74. The Morgan fingerprint density at radius 2 is 1.85 bits per heavy atom. The zero-order valence-corrected chi connectivity index (χ0v) is 11.3. The number of rotatable bonds is 7. The highest BCUT2D eigenvalue weighted by Crippen LogP contribution is 2.24. The predicted molar refractivity (Wildman–Crippen MR) is 69.0 cm³/mol. The summed E-state index contributed by atoms with van der Waals surface area (Å²) in [5.41, 5.74) is -1.31. The summed E-state index contributed by atoms with van der Waals surface area (Å²) >= 11 is 0. The second-order valence-corrected chi connectivity index (χ2v) is 5.71. The van der Waals surface area contributed by atoms with Crippen molar-refractivity contribution in [2.45, 2.75) is 6.92 Å². The molecule has 0 amide bonds. The third-order valence-electron chi connectivity index (χ3n) is 2.27. The molecule has 7 nitrogen and oxygen atoms in total. The maximum absolute atomic E-state index is 13.5.